The standard InChI is InChI=1S/C17H24N4O2S/c22-15(18-11-14-12-21-7-9-24-16(21)20-14)19-13-4-8-23-17(10-13)5-2-1-3-6-17/h7,9,12-13H,1-6,8,10-11H2,(H2,18,19,22)/t13-/m0/s1. The molecular weight excluding hydrogens is 324 g/mol. The molecule has 0 bridgehead atoms. The Morgan fingerprint density at radius 2 is 2.29 bits per heavy atom. The van der Waals surface area contributed by atoms with Crippen LogP contribution in [-0.2, 0) is 11.3 Å². The number of carbonyl (C=O) groups excluding carboxylic acids is 1. The summed E-state index contributed by atoms with van der Waals surface area (Å²) in [5, 5.41) is 8.05. The number of nitrogens with one attached hydrogen (secondary N) is 2. The van der Waals surface area contributed by atoms with Crippen molar-refractivity contribution in [3.05, 3.63) is 23.5 Å². The van der Waals surface area contributed by atoms with Gasteiger partial charge in [-0.2, -0.15) is 0 Å². The van der Waals surface area contributed by atoms with Gasteiger partial charge >= 0.3 is 6.03 Å². The van der Waals surface area contributed by atoms with Gasteiger partial charge in [0.1, 0.15) is 0 Å². The number of ether oxygens (including phenoxy) is 1. The third-order valence-electron chi connectivity index (χ3n) is 5.17. The largest absolute Gasteiger partial charge is 0.375 e. The highest BCUT2D eigenvalue weighted by molar-refractivity contribution is 7.15. The molecule has 2 aliphatic rings. The number of fused-ring (bicyclic) bond motifs is 1. The monoisotopic (exact) mass is 348 g/mol. The van der Waals surface area contributed by atoms with Crippen LogP contribution in [0, 0.1) is 0 Å². The molecule has 0 unspecified atom stereocenters. The lowest BCUT2D eigenvalue weighted by atomic mass is 9.78. The minimum atomic E-state index is -0.107. The molecule has 6 nitrogen and oxygen atoms in total. The van der Waals surface area contributed by atoms with Gasteiger partial charge in [-0.05, 0) is 25.7 Å². The molecule has 1 aliphatic carbocycles. The number of imidazole rings is 1. The second kappa shape index (κ2) is 6.72. The Kier molecular flexibility index (Phi) is 4.45. The van der Waals surface area contributed by atoms with Gasteiger partial charge in [0.05, 0.1) is 17.8 Å². The first-order valence-corrected chi connectivity index (χ1v) is 9.70. The molecule has 24 heavy (non-hydrogen) atoms. The van der Waals surface area contributed by atoms with E-state index in [1.807, 2.05) is 22.2 Å². The summed E-state index contributed by atoms with van der Waals surface area (Å²) < 4.78 is 8.07. The Bertz CT molecular complexity index is 670. The van der Waals surface area contributed by atoms with Gasteiger partial charge in [-0.15, -0.1) is 11.3 Å². The van der Waals surface area contributed by atoms with Gasteiger partial charge in [0, 0.05) is 30.4 Å². The summed E-state index contributed by atoms with van der Waals surface area (Å²) in [5.74, 6) is 0. The fraction of sp³-hybridized carbons (Fsp3) is 0.647. The quantitative estimate of drug-likeness (QED) is 0.896. The van der Waals surface area contributed by atoms with Crippen molar-refractivity contribution in [2.24, 2.45) is 0 Å². The minimum absolute atomic E-state index is 0.0166. The van der Waals surface area contributed by atoms with Gasteiger partial charge < -0.3 is 15.4 Å². The van der Waals surface area contributed by atoms with Crippen LogP contribution < -0.4 is 10.6 Å². The first kappa shape index (κ1) is 15.9. The number of aromatic nitrogens is 2. The summed E-state index contributed by atoms with van der Waals surface area (Å²) in [4.78, 5) is 17.6. The Labute approximate surface area is 145 Å². The molecule has 1 aliphatic heterocycles. The first-order chi connectivity index (χ1) is 11.7. The van der Waals surface area contributed by atoms with Crippen LogP contribution in [0.3, 0.4) is 0 Å². The number of hydrogen-bond acceptors (Lipinski definition) is 4. The molecule has 2 amide bonds. The summed E-state index contributed by atoms with van der Waals surface area (Å²) >= 11 is 1.59. The molecule has 7 heteroatoms. The fourth-order valence-electron chi connectivity index (χ4n) is 3.96. The molecule has 2 aromatic rings. The molecule has 0 aromatic carbocycles. The Morgan fingerprint density at radius 1 is 1.42 bits per heavy atom. The zero-order chi connectivity index (χ0) is 16.4. The van der Waals surface area contributed by atoms with Crippen LogP contribution in [0.15, 0.2) is 17.8 Å². The maximum absolute atomic E-state index is 12.2. The van der Waals surface area contributed by atoms with E-state index in [9.17, 15) is 4.79 Å². The lowest BCUT2D eigenvalue weighted by Crippen LogP contribution is -2.51. The number of nitrogens with zero attached hydrogens (tertiary/aromatic N) is 2. The van der Waals surface area contributed by atoms with Crippen LogP contribution >= 0.6 is 11.3 Å². The fourth-order valence-corrected chi connectivity index (χ4v) is 4.68. The topological polar surface area (TPSA) is 67.7 Å². The van der Waals surface area contributed by atoms with Crippen molar-refractivity contribution in [2.75, 3.05) is 6.61 Å². The smallest absolute Gasteiger partial charge is 0.315 e. The summed E-state index contributed by atoms with van der Waals surface area (Å²) in [5.41, 5.74) is 0.899. The summed E-state index contributed by atoms with van der Waals surface area (Å²) in [7, 11) is 0. The van der Waals surface area contributed by atoms with Crippen LogP contribution in [0.4, 0.5) is 4.79 Å². The van der Waals surface area contributed by atoms with Crippen molar-refractivity contribution >= 4 is 22.3 Å². The summed E-state index contributed by atoms with van der Waals surface area (Å²) in [6, 6.07) is 0.103. The van der Waals surface area contributed by atoms with E-state index in [1.165, 1.54) is 19.3 Å². The highest BCUT2D eigenvalue weighted by Crippen LogP contribution is 2.38. The zero-order valence-corrected chi connectivity index (χ0v) is 14.6. The van der Waals surface area contributed by atoms with E-state index in [-0.39, 0.29) is 17.7 Å². The average Bonchev–Trinajstić information content (AvgIpc) is 3.15. The molecule has 4 rings (SSSR count). The van der Waals surface area contributed by atoms with Crippen LogP contribution in [0.2, 0.25) is 0 Å². The lowest BCUT2D eigenvalue weighted by Gasteiger charge is -2.43. The lowest BCUT2D eigenvalue weighted by molar-refractivity contribution is -0.107. The van der Waals surface area contributed by atoms with E-state index >= 15 is 0 Å². The van der Waals surface area contributed by atoms with Gasteiger partial charge in [-0.3, -0.25) is 4.40 Å². The number of amides is 2. The molecule has 130 valence electrons. The van der Waals surface area contributed by atoms with Crippen LogP contribution in [0.25, 0.3) is 4.96 Å². The Hall–Kier alpha value is -1.60. The number of urea groups is 1. The third-order valence-corrected chi connectivity index (χ3v) is 5.94. The van der Waals surface area contributed by atoms with E-state index in [2.05, 4.69) is 15.6 Å². The molecule has 2 aromatic heterocycles. The number of rotatable bonds is 3. The Morgan fingerprint density at radius 3 is 3.12 bits per heavy atom. The third kappa shape index (κ3) is 3.42. The molecule has 1 saturated carbocycles. The Balaban J connectivity index is 1.28. The van der Waals surface area contributed by atoms with Crippen molar-refractivity contribution < 1.29 is 9.53 Å². The van der Waals surface area contributed by atoms with E-state index in [0.717, 1.165) is 42.9 Å². The minimum Gasteiger partial charge on any atom is -0.375 e. The highest BCUT2D eigenvalue weighted by atomic mass is 32.1. The summed E-state index contributed by atoms with van der Waals surface area (Å²) in [6.45, 7) is 1.21. The van der Waals surface area contributed by atoms with E-state index in [1.54, 1.807) is 11.3 Å². The number of thiazole rings is 1. The van der Waals surface area contributed by atoms with Gasteiger partial charge in [-0.1, -0.05) is 19.3 Å². The van der Waals surface area contributed by atoms with Gasteiger partial charge in [0.25, 0.3) is 0 Å². The SMILES string of the molecule is O=C(NCc1cn2ccsc2n1)N[C@H]1CCOC2(CCCCC2)C1. The second-order valence-electron chi connectivity index (χ2n) is 6.93. The zero-order valence-electron chi connectivity index (χ0n) is 13.8. The van der Waals surface area contributed by atoms with Crippen molar-refractivity contribution in [1.82, 2.24) is 20.0 Å². The summed E-state index contributed by atoms with van der Waals surface area (Å²) in [6.07, 6.45) is 11.9. The van der Waals surface area contributed by atoms with Crippen LogP contribution in [0.1, 0.15) is 50.6 Å². The predicted octanol–water partition coefficient (Wildman–Crippen LogP) is 3.08. The van der Waals surface area contributed by atoms with Crippen molar-refractivity contribution in [2.45, 2.75) is 63.1 Å². The normalized spacial score (nSPS) is 23.4. The van der Waals surface area contributed by atoms with Crippen LogP contribution in [0.5, 0.6) is 0 Å². The number of hydrogen-bond donors (Lipinski definition) is 2. The van der Waals surface area contributed by atoms with E-state index in [4.69, 9.17) is 4.74 Å². The maximum Gasteiger partial charge on any atom is 0.315 e. The second-order valence-corrected chi connectivity index (χ2v) is 7.81. The van der Waals surface area contributed by atoms with Crippen LogP contribution in [-0.4, -0.2) is 33.7 Å². The average molecular weight is 348 g/mol. The molecular formula is C17H24N4O2S. The molecule has 1 saturated heterocycles. The van der Waals surface area contributed by atoms with Gasteiger partial charge in [0.2, 0.25) is 0 Å². The van der Waals surface area contributed by atoms with Gasteiger partial charge in [0.15, 0.2) is 4.96 Å². The molecule has 0 radical (unpaired) electrons. The highest BCUT2D eigenvalue weighted by Gasteiger charge is 2.38. The molecule has 3 heterocycles. The maximum atomic E-state index is 12.2. The first-order valence-electron chi connectivity index (χ1n) is 8.82. The van der Waals surface area contributed by atoms with E-state index in [0.29, 0.717) is 6.54 Å². The van der Waals surface area contributed by atoms with Gasteiger partial charge in [-0.25, -0.2) is 9.78 Å². The van der Waals surface area contributed by atoms with Crippen molar-refractivity contribution in [3.63, 3.8) is 0 Å². The van der Waals surface area contributed by atoms with Crippen molar-refractivity contribution in [1.29, 1.82) is 0 Å². The molecule has 2 N–H and O–H groups in total. The molecule has 2 fully saturated rings. The van der Waals surface area contributed by atoms with E-state index < -0.39 is 0 Å². The predicted molar refractivity (Wildman–Crippen MR) is 93.2 cm³/mol. The molecule has 1 spiro atoms. The number of carbonyl (C=O) groups is 1. The molecule has 1 atom stereocenters. The van der Waals surface area contributed by atoms with Crippen molar-refractivity contribution in [3.8, 4) is 0 Å².